The number of nitrogens with one attached hydrogen (secondary N) is 1. The van der Waals surface area contributed by atoms with E-state index in [1.165, 1.54) is 6.07 Å². The number of nitrogens with zero attached hydrogens (tertiary/aromatic N) is 1. The van der Waals surface area contributed by atoms with E-state index in [1.54, 1.807) is 24.0 Å². The second kappa shape index (κ2) is 17.8. The number of amides is 2. The lowest BCUT2D eigenvalue weighted by atomic mass is 9.96. The first kappa shape index (κ1) is 34.3. The second-order valence-electron chi connectivity index (χ2n) is 10.6. The van der Waals surface area contributed by atoms with Crippen LogP contribution in [0.2, 0.25) is 0 Å². The number of hydrogen-bond acceptors (Lipinski definition) is 5. The monoisotopic (exact) mass is 576 g/mol. The van der Waals surface area contributed by atoms with E-state index in [9.17, 15) is 28.6 Å². The van der Waals surface area contributed by atoms with Crippen LogP contribution in [0.5, 0.6) is 0 Å². The maximum atomic E-state index is 13.9. The molecule has 0 aliphatic carbocycles. The van der Waals surface area contributed by atoms with Gasteiger partial charge in [-0.3, -0.25) is 9.59 Å². The number of benzene rings is 2. The Morgan fingerprint density at radius 2 is 1.51 bits per heavy atom. The van der Waals surface area contributed by atoms with Crippen molar-refractivity contribution in [1.82, 2.24) is 10.2 Å². The number of aliphatic hydroxyl groups excluding tert-OH is 2. The van der Waals surface area contributed by atoms with Gasteiger partial charge in [-0.1, -0.05) is 40.0 Å². The fraction of sp³-hybridized carbons (Fsp3) is 0.562. The van der Waals surface area contributed by atoms with Crippen LogP contribution in [0.4, 0.5) is 8.78 Å². The lowest BCUT2D eigenvalue weighted by molar-refractivity contribution is -0.0511. The van der Waals surface area contributed by atoms with Crippen molar-refractivity contribution in [2.24, 2.45) is 0 Å². The zero-order valence-corrected chi connectivity index (χ0v) is 24.8. The normalized spacial score (nSPS) is 13.5. The van der Waals surface area contributed by atoms with Crippen LogP contribution in [-0.4, -0.2) is 71.5 Å². The van der Waals surface area contributed by atoms with Crippen LogP contribution in [-0.2, 0) is 11.2 Å². The van der Waals surface area contributed by atoms with E-state index in [4.69, 9.17) is 4.74 Å². The summed E-state index contributed by atoms with van der Waals surface area (Å²) in [6.07, 6.45) is 2.59. The summed E-state index contributed by atoms with van der Waals surface area (Å²) in [5.41, 5.74) is 1.48. The predicted molar refractivity (Wildman–Crippen MR) is 156 cm³/mol. The first-order valence-electron chi connectivity index (χ1n) is 14.7. The van der Waals surface area contributed by atoms with Gasteiger partial charge >= 0.3 is 0 Å². The Morgan fingerprint density at radius 1 is 0.878 bits per heavy atom. The standard InChI is InChI=1S/C32H46F2N2O5/c1-5-8-9-10-13-41-21-29(37)30(38)28(18-23-16-26(33)20-27(34)17-23)35-31(39)24-14-22(4)15-25(19-24)32(40)36(11-6-2)12-7-3/h14-17,19-20,28-30,37-38H,5-13,18,21H2,1-4H3,(H,35,39)/t28-,29?,30+/m0/s1. The number of aliphatic hydroxyl groups is 2. The molecule has 0 aliphatic heterocycles. The average Bonchev–Trinajstić information content (AvgIpc) is 2.92. The van der Waals surface area contributed by atoms with E-state index in [-0.39, 0.29) is 30.1 Å². The topological polar surface area (TPSA) is 99.1 Å². The number of halogens is 2. The fourth-order valence-electron chi connectivity index (χ4n) is 4.77. The third-order valence-corrected chi connectivity index (χ3v) is 6.79. The van der Waals surface area contributed by atoms with E-state index in [2.05, 4.69) is 12.2 Å². The lowest BCUT2D eigenvalue weighted by Crippen LogP contribution is -2.51. The Bertz CT molecular complexity index is 1090. The van der Waals surface area contributed by atoms with Crippen molar-refractivity contribution in [2.75, 3.05) is 26.3 Å². The molecule has 41 heavy (non-hydrogen) atoms. The van der Waals surface area contributed by atoms with Crippen molar-refractivity contribution in [3.63, 3.8) is 0 Å². The molecule has 0 heterocycles. The summed E-state index contributed by atoms with van der Waals surface area (Å²) >= 11 is 0. The summed E-state index contributed by atoms with van der Waals surface area (Å²) in [6, 6.07) is 6.72. The lowest BCUT2D eigenvalue weighted by Gasteiger charge is -2.28. The highest BCUT2D eigenvalue weighted by molar-refractivity contribution is 6.00. The molecule has 2 aromatic carbocycles. The smallest absolute Gasteiger partial charge is 0.253 e. The zero-order valence-electron chi connectivity index (χ0n) is 24.8. The summed E-state index contributed by atoms with van der Waals surface area (Å²) in [7, 11) is 0. The van der Waals surface area contributed by atoms with E-state index in [0.29, 0.717) is 30.8 Å². The third kappa shape index (κ3) is 11.5. The summed E-state index contributed by atoms with van der Waals surface area (Å²) < 4.78 is 33.3. The van der Waals surface area contributed by atoms with Gasteiger partial charge in [0.2, 0.25) is 0 Å². The molecule has 2 rings (SSSR count). The minimum atomic E-state index is -1.49. The molecule has 1 unspecified atom stereocenters. The van der Waals surface area contributed by atoms with Crippen molar-refractivity contribution in [3.05, 3.63) is 70.3 Å². The minimum Gasteiger partial charge on any atom is -0.388 e. The Balaban J connectivity index is 2.26. The van der Waals surface area contributed by atoms with Gasteiger partial charge in [0.25, 0.3) is 11.8 Å². The van der Waals surface area contributed by atoms with Crippen LogP contribution in [0.3, 0.4) is 0 Å². The maximum Gasteiger partial charge on any atom is 0.253 e. The van der Waals surface area contributed by atoms with Gasteiger partial charge in [0.1, 0.15) is 23.8 Å². The van der Waals surface area contributed by atoms with Gasteiger partial charge in [-0.25, -0.2) is 8.78 Å². The van der Waals surface area contributed by atoms with Crippen LogP contribution >= 0.6 is 0 Å². The fourth-order valence-corrected chi connectivity index (χ4v) is 4.77. The number of ether oxygens (including phenoxy) is 1. The quantitative estimate of drug-likeness (QED) is 0.212. The summed E-state index contributed by atoms with van der Waals surface area (Å²) in [5, 5.41) is 24.4. The zero-order chi connectivity index (χ0) is 30.4. The number of hydrogen-bond donors (Lipinski definition) is 3. The molecular formula is C32H46F2N2O5. The Hall–Kier alpha value is -2.88. The Kier molecular flexibility index (Phi) is 14.9. The number of unbranched alkanes of at least 4 members (excludes halogenated alkanes) is 3. The molecular weight excluding hydrogens is 530 g/mol. The predicted octanol–water partition coefficient (Wildman–Crippen LogP) is 5.20. The van der Waals surface area contributed by atoms with Gasteiger partial charge in [0.15, 0.2) is 0 Å². The van der Waals surface area contributed by atoms with Crippen LogP contribution in [0.25, 0.3) is 0 Å². The molecule has 2 aromatic rings. The molecule has 0 bridgehead atoms. The molecule has 0 radical (unpaired) electrons. The van der Waals surface area contributed by atoms with Gasteiger partial charge in [-0.05, 0) is 74.1 Å². The molecule has 3 atom stereocenters. The molecule has 0 saturated heterocycles. The first-order valence-corrected chi connectivity index (χ1v) is 14.7. The Morgan fingerprint density at radius 3 is 2.12 bits per heavy atom. The summed E-state index contributed by atoms with van der Waals surface area (Å²) in [5.74, 6) is -2.35. The van der Waals surface area contributed by atoms with E-state index < -0.39 is 35.8 Å². The van der Waals surface area contributed by atoms with Crippen molar-refractivity contribution in [1.29, 1.82) is 0 Å². The highest BCUT2D eigenvalue weighted by atomic mass is 19.1. The maximum absolute atomic E-state index is 13.9. The molecule has 0 spiro atoms. The number of carbonyl (C=O) groups excluding carboxylic acids is 2. The Labute approximate surface area is 242 Å². The van der Waals surface area contributed by atoms with Gasteiger partial charge in [0, 0.05) is 36.9 Å². The molecule has 0 saturated carbocycles. The van der Waals surface area contributed by atoms with E-state index in [0.717, 1.165) is 56.7 Å². The first-order chi connectivity index (χ1) is 19.6. The average molecular weight is 577 g/mol. The molecule has 3 N–H and O–H groups in total. The molecule has 9 heteroatoms. The van der Waals surface area contributed by atoms with Crippen LogP contribution < -0.4 is 5.32 Å². The highest BCUT2D eigenvalue weighted by Gasteiger charge is 2.29. The molecule has 7 nitrogen and oxygen atoms in total. The number of carbonyl (C=O) groups is 2. The number of rotatable bonds is 18. The molecule has 0 aromatic heterocycles. The second-order valence-corrected chi connectivity index (χ2v) is 10.6. The van der Waals surface area contributed by atoms with Crippen LogP contribution in [0.15, 0.2) is 36.4 Å². The van der Waals surface area contributed by atoms with E-state index in [1.807, 2.05) is 13.8 Å². The molecule has 0 fully saturated rings. The van der Waals surface area contributed by atoms with Gasteiger partial charge in [-0.15, -0.1) is 0 Å². The van der Waals surface area contributed by atoms with E-state index >= 15 is 0 Å². The van der Waals surface area contributed by atoms with Gasteiger partial charge in [-0.2, -0.15) is 0 Å². The van der Waals surface area contributed by atoms with Crippen molar-refractivity contribution in [2.45, 2.75) is 90.9 Å². The highest BCUT2D eigenvalue weighted by Crippen LogP contribution is 2.17. The molecule has 228 valence electrons. The summed E-state index contributed by atoms with van der Waals surface area (Å²) in [4.78, 5) is 28.4. The van der Waals surface area contributed by atoms with Crippen LogP contribution in [0, 0.1) is 18.6 Å². The third-order valence-electron chi connectivity index (χ3n) is 6.79. The van der Waals surface area contributed by atoms with Crippen molar-refractivity contribution in [3.8, 4) is 0 Å². The van der Waals surface area contributed by atoms with Crippen molar-refractivity contribution >= 4 is 11.8 Å². The van der Waals surface area contributed by atoms with Crippen molar-refractivity contribution < 1.29 is 33.3 Å². The van der Waals surface area contributed by atoms with Gasteiger partial charge < -0.3 is 25.2 Å². The molecule has 2 amide bonds. The molecule has 0 aliphatic rings. The SMILES string of the molecule is CCCCCCOCC(O)[C@H](O)[C@H](Cc1cc(F)cc(F)c1)NC(=O)c1cc(C)cc(C(=O)N(CCC)CCC)c1. The summed E-state index contributed by atoms with van der Waals surface area (Å²) in [6.45, 7) is 9.32. The van der Waals surface area contributed by atoms with Crippen LogP contribution in [0.1, 0.15) is 91.1 Å². The minimum absolute atomic E-state index is 0.145. The van der Waals surface area contributed by atoms with Gasteiger partial charge in [0.05, 0.1) is 12.6 Å². The number of aryl methyl sites for hydroxylation is 1. The largest absolute Gasteiger partial charge is 0.388 e.